The second-order valence-corrected chi connectivity index (χ2v) is 10.7. The van der Waals surface area contributed by atoms with Gasteiger partial charge in [-0.25, -0.2) is 14.5 Å². The Labute approximate surface area is 251 Å². The Morgan fingerprint density at radius 3 is 2.24 bits per heavy atom. The molecule has 1 saturated heterocycles. The number of amides is 5. The Bertz CT molecular complexity index is 1590. The van der Waals surface area contributed by atoms with E-state index < -0.39 is 23.8 Å². The van der Waals surface area contributed by atoms with Gasteiger partial charge < -0.3 is 14.8 Å². The van der Waals surface area contributed by atoms with Gasteiger partial charge in [0.05, 0.1) is 27.3 Å². The van der Waals surface area contributed by atoms with Crippen molar-refractivity contribution in [2.45, 2.75) is 13.8 Å². The molecule has 1 heterocycles. The summed E-state index contributed by atoms with van der Waals surface area (Å²) in [6, 6.07) is 13.6. The van der Waals surface area contributed by atoms with Crippen molar-refractivity contribution < 1.29 is 33.4 Å². The number of hydrogen-bond donors (Lipinski definition) is 2. The molecule has 210 valence electrons. The van der Waals surface area contributed by atoms with E-state index in [2.05, 4.69) is 47.2 Å². The van der Waals surface area contributed by atoms with Gasteiger partial charge in [0, 0.05) is 5.69 Å². The fourth-order valence-corrected chi connectivity index (χ4v) is 5.45. The molecule has 0 unspecified atom stereocenters. The number of imide groups is 2. The average Bonchev–Trinajstić information content (AvgIpc) is 2.92. The van der Waals surface area contributed by atoms with Crippen molar-refractivity contribution in [3.8, 4) is 5.75 Å². The molecular formula is C29H23Br2N3O7. The van der Waals surface area contributed by atoms with Gasteiger partial charge in [-0.3, -0.25) is 19.7 Å². The summed E-state index contributed by atoms with van der Waals surface area (Å²) in [5, 5.41) is 4.97. The maximum absolute atomic E-state index is 13.2. The second kappa shape index (κ2) is 12.5. The first kappa shape index (κ1) is 29.7. The van der Waals surface area contributed by atoms with Crippen molar-refractivity contribution in [2.75, 3.05) is 23.9 Å². The minimum absolute atomic E-state index is 0.156. The third kappa shape index (κ3) is 6.72. The smallest absolute Gasteiger partial charge is 0.337 e. The number of nitrogens with zero attached hydrogens (tertiary/aromatic N) is 1. The van der Waals surface area contributed by atoms with Crippen LogP contribution in [0, 0.1) is 13.8 Å². The van der Waals surface area contributed by atoms with E-state index in [0.717, 1.165) is 16.0 Å². The highest BCUT2D eigenvalue weighted by Gasteiger charge is 2.37. The zero-order valence-electron chi connectivity index (χ0n) is 22.0. The molecule has 1 aliphatic heterocycles. The van der Waals surface area contributed by atoms with Crippen LogP contribution in [-0.4, -0.2) is 43.4 Å². The van der Waals surface area contributed by atoms with E-state index in [1.807, 2.05) is 32.0 Å². The zero-order chi connectivity index (χ0) is 29.8. The van der Waals surface area contributed by atoms with Crippen LogP contribution in [0.1, 0.15) is 27.0 Å². The second-order valence-electron chi connectivity index (χ2n) is 8.97. The number of anilines is 2. The number of barbiturate groups is 1. The number of carbonyl (C=O) groups excluding carboxylic acids is 5. The third-order valence-corrected chi connectivity index (χ3v) is 7.16. The fourth-order valence-electron chi connectivity index (χ4n) is 4.00. The molecular weight excluding hydrogens is 662 g/mol. The number of halogens is 2. The summed E-state index contributed by atoms with van der Waals surface area (Å²) in [5.41, 5.74) is 3.23. The molecule has 0 radical (unpaired) electrons. The van der Waals surface area contributed by atoms with Crippen molar-refractivity contribution in [1.82, 2.24) is 5.32 Å². The number of urea groups is 1. The first-order valence-corrected chi connectivity index (χ1v) is 13.7. The molecule has 0 spiro atoms. The van der Waals surface area contributed by atoms with E-state index >= 15 is 0 Å². The molecule has 3 aromatic rings. The normalized spacial score (nSPS) is 14.1. The molecule has 5 amide bonds. The molecule has 0 atom stereocenters. The molecule has 1 aliphatic rings. The van der Waals surface area contributed by atoms with E-state index in [4.69, 9.17) is 4.74 Å². The lowest BCUT2D eigenvalue weighted by atomic mass is 10.1. The Morgan fingerprint density at radius 1 is 0.976 bits per heavy atom. The van der Waals surface area contributed by atoms with E-state index in [9.17, 15) is 24.0 Å². The molecule has 0 bridgehead atoms. The standard InChI is InChI=1S/C29H23Br2N3O7/c1-15-4-9-23(16(2)10-15)32-24(35)14-41-25-21(30)12-17(13-22(25)31)11-20-26(36)33-29(39)34(27(20)37)19-7-5-18(6-8-19)28(38)40-3/h4-13H,14H2,1-3H3,(H,32,35)(H,33,36,39)/b20-11-. The van der Waals surface area contributed by atoms with Crippen LogP contribution in [0.3, 0.4) is 0 Å². The van der Waals surface area contributed by atoms with E-state index in [1.54, 1.807) is 12.1 Å². The predicted octanol–water partition coefficient (Wildman–Crippen LogP) is 5.30. The summed E-state index contributed by atoms with van der Waals surface area (Å²) in [6.07, 6.45) is 1.33. The zero-order valence-corrected chi connectivity index (χ0v) is 25.2. The molecule has 0 aromatic heterocycles. The highest BCUT2D eigenvalue weighted by molar-refractivity contribution is 9.11. The van der Waals surface area contributed by atoms with Gasteiger partial charge in [-0.05, 0) is 105 Å². The van der Waals surface area contributed by atoms with Crippen molar-refractivity contribution in [2.24, 2.45) is 0 Å². The number of hydrogen-bond acceptors (Lipinski definition) is 7. The van der Waals surface area contributed by atoms with Crippen LogP contribution in [0.5, 0.6) is 5.75 Å². The highest BCUT2D eigenvalue weighted by atomic mass is 79.9. The molecule has 41 heavy (non-hydrogen) atoms. The van der Waals surface area contributed by atoms with Crippen LogP contribution in [0.25, 0.3) is 6.08 Å². The summed E-state index contributed by atoms with van der Waals surface area (Å²) >= 11 is 6.82. The van der Waals surface area contributed by atoms with Crippen LogP contribution in [0.2, 0.25) is 0 Å². The van der Waals surface area contributed by atoms with Gasteiger partial charge >= 0.3 is 12.0 Å². The maximum Gasteiger partial charge on any atom is 0.337 e. The van der Waals surface area contributed by atoms with Gasteiger partial charge in [0.15, 0.2) is 6.61 Å². The van der Waals surface area contributed by atoms with E-state index in [-0.39, 0.29) is 29.3 Å². The molecule has 1 fully saturated rings. The molecule has 0 saturated carbocycles. The van der Waals surface area contributed by atoms with Crippen LogP contribution in [0.4, 0.5) is 16.2 Å². The number of aryl methyl sites for hydroxylation is 2. The minimum atomic E-state index is -0.923. The summed E-state index contributed by atoms with van der Waals surface area (Å²) in [5.74, 6) is -2.30. The Kier molecular flexibility index (Phi) is 9.04. The topological polar surface area (TPSA) is 131 Å². The molecule has 4 rings (SSSR count). The number of methoxy groups -OCH3 is 1. The fraction of sp³-hybridized carbons (Fsp3) is 0.138. The Hall–Kier alpha value is -4.29. The van der Waals surface area contributed by atoms with Gasteiger partial charge in [0.25, 0.3) is 17.7 Å². The number of ether oxygens (including phenoxy) is 2. The predicted molar refractivity (Wildman–Crippen MR) is 159 cm³/mol. The number of benzene rings is 3. The quantitative estimate of drug-likeness (QED) is 0.196. The lowest BCUT2D eigenvalue weighted by Gasteiger charge is -2.26. The summed E-state index contributed by atoms with van der Waals surface area (Å²) in [7, 11) is 1.24. The first-order valence-electron chi connectivity index (χ1n) is 12.1. The molecule has 0 aliphatic carbocycles. The van der Waals surface area contributed by atoms with E-state index in [1.165, 1.54) is 37.5 Å². The van der Waals surface area contributed by atoms with Crippen LogP contribution in [0.15, 0.2) is 69.1 Å². The monoisotopic (exact) mass is 683 g/mol. The highest BCUT2D eigenvalue weighted by Crippen LogP contribution is 2.36. The average molecular weight is 685 g/mol. The van der Waals surface area contributed by atoms with Crippen molar-refractivity contribution in [3.63, 3.8) is 0 Å². The lowest BCUT2D eigenvalue weighted by molar-refractivity contribution is -0.122. The van der Waals surface area contributed by atoms with Crippen molar-refractivity contribution >= 4 is 79.0 Å². The number of carbonyl (C=O) groups is 5. The van der Waals surface area contributed by atoms with Gasteiger partial charge in [-0.2, -0.15) is 0 Å². The third-order valence-electron chi connectivity index (χ3n) is 5.98. The molecule has 12 heteroatoms. The summed E-state index contributed by atoms with van der Waals surface area (Å²) in [4.78, 5) is 63.3. The Morgan fingerprint density at radius 2 is 1.63 bits per heavy atom. The van der Waals surface area contributed by atoms with Crippen LogP contribution in [-0.2, 0) is 19.1 Å². The Balaban J connectivity index is 1.51. The molecule has 10 nitrogen and oxygen atoms in total. The maximum atomic E-state index is 13.2. The van der Waals surface area contributed by atoms with Gasteiger partial charge in [-0.15, -0.1) is 0 Å². The SMILES string of the molecule is COC(=O)c1ccc(N2C(=O)NC(=O)/C(=C/c3cc(Br)c(OCC(=O)Nc4ccc(C)cc4C)c(Br)c3)C2=O)cc1. The van der Waals surface area contributed by atoms with Gasteiger partial charge in [0.2, 0.25) is 0 Å². The summed E-state index contributed by atoms with van der Waals surface area (Å²) in [6.45, 7) is 3.60. The molecule has 3 aromatic carbocycles. The minimum Gasteiger partial charge on any atom is -0.481 e. The van der Waals surface area contributed by atoms with Crippen molar-refractivity contribution in [3.05, 3.63) is 91.4 Å². The lowest BCUT2D eigenvalue weighted by Crippen LogP contribution is -2.54. The van der Waals surface area contributed by atoms with Gasteiger partial charge in [0.1, 0.15) is 11.3 Å². The van der Waals surface area contributed by atoms with Gasteiger partial charge in [-0.1, -0.05) is 17.7 Å². The summed E-state index contributed by atoms with van der Waals surface area (Å²) < 4.78 is 11.3. The first-order chi connectivity index (χ1) is 19.5. The largest absolute Gasteiger partial charge is 0.481 e. The molecule has 2 N–H and O–H groups in total. The van der Waals surface area contributed by atoms with Crippen LogP contribution >= 0.6 is 31.9 Å². The number of rotatable bonds is 7. The van der Waals surface area contributed by atoms with E-state index in [0.29, 0.717) is 25.9 Å². The van der Waals surface area contributed by atoms with Crippen molar-refractivity contribution in [1.29, 1.82) is 0 Å². The number of nitrogens with one attached hydrogen (secondary N) is 2. The van der Waals surface area contributed by atoms with Crippen LogP contribution < -0.4 is 20.3 Å². The number of esters is 1.